The Bertz CT molecular complexity index is 1490. The molecule has 2 aromatic carbocycles. The third-order valence-corrected chi connectivity index (χ3v) is 7.34. The van der Waals surface area contributed by atoms with Gasteiger partial charge in [-0.1, -0.05) is 41.7 Å². The summed E-state index contributed by atoms with van der Waals surface area (Å²) < 4.78 is 7.19. The number of para-hydroxylation sites is 1. The van der Waals surface area contributed by atoms with Gasteiger partial charge < -0.3 is 14.5 Å². The fourth-order valence-electron chi connectivity index (χ4n) is 4.39. The summed E-state index contributed by atoms with van der Waals surface area (Å²) in [6.07, 6.45) is 3.62. The number of fused-ring (bicyclic) bond motifs is 1. The van der Waals surface area contributed by atoms with Gasteiger partial charge in [0.2, 0.25) is 0 Å². The summed E-state index contributed by atoms with van der Waals surface area (Å²) in [5, 5.41) is 5.77. The van der Waals surface area contributed by atoms with Gasteiger partial charge in [0.05, 0.1) is 18.4 Å². The van der Waals surface area contributed by atoms with Crippen molar-refractivity contribution >= 4 is 32.7 Å². The van der Waals surface area contributed by atoms with Crippen LogP contribution in [0.5, 0.6) is 5.75 Å². The number of methoxy groups -OCH3 is 1. The van der Waals surface area contributed by atoms with E-state index >= 15 is 0 Å². The summed E-state index contributed by atoms with van der Waals surface area (Å²) in [7, 11) is 1.63. The molecule has 6 rings (SSSR count). The number of benzene rings is 2. The third-order valence-electron chi connectivity index (χ3n) is 6.30. The molecule has 180 valence electrons. The molecule has 0 unspecified atom stereocenters. The number of pyridine rings is 1. The van der Waals surface area contributed by atoms with Crippen LogP contribution in [0.4, 0.5) is 5.13 Å². The van der Waals surface area contributed by atoms with Crippen LogP contribution in [0.1, 0.15) is 10.4 Å². The van der Waals surface area contributed by atoms with Crippen LogP contribution in [0.2, 0.25) is 0 Å². The number of carbonyl (C=O) groups is 1. The van der Waals surface area contributed by atoms with E-state index < -0.39 is 0 Å². The van der Waals surface area contributed by atoms with E-state index in [1.165, 1.54) is 0 Å². The number of amides is 1. The highest BCUT2D eigenvalue weighted by molar-refractivity contribution is 7.21. The standard InChI is InChI=1S/C27H24N6O2S/c1-35-21-10-5-7-19(17-21)24-22(18-33(30-24)20-8-3-2-4-9-20)26(34)31-13-15-32(16-14-31)27-29-23-11-6-12-28-25(23)36-27/h2-12,17-18H,13-16H2,1H3. The summed E-state index contributed by atoms with van der Waals surface area (Å²) in [5.74, 6) is 0.694. The number of piperazine rings is 1. The second kappa shape index (κ2) is 9.43. The van der Waals surface area contributed by atoms with Crippen molar-refractivity contribution in [2.75, 3.05) is 38.2 Å². The Balaban J connectivity index is 1.28. The fourth-order valence-corrected chi connectivity index (χ4v) is 5.35. The molecule has 0 bridgehead atoms. The van der Waals surface area contributed by atoms with E-state index in [4.69, 9.17) is 14.8 Å². The first-order valence-electron chi connectivity index (χ1n) is 11.7. The molecule has 4 heterocycles. The van der Waals surface area contributed by atoms with Crippen molar-refractivity contribution in [2.24, 2.45) is 0 Å². The Morgan fingerprint density at radius 1 is 0.972 bits per heavy atom. The fraction of sp³-hybridized carbons (Fsp3) is 0.185. The SMILES string of the molecule is COc1cccc(-c2nn(-c3ccccc3)cc2C(=O)N2CCN(c3nc4cccnc4s3)CC2)c1. The molecule has 36 heavy (non-hydrogen) atoms. The third kappa shape index (κ3) is 4.18. The molecule has 1 saturated heterocycles. The van der Waals surface area contributed by atoms with Gasteiger partial charge in [-0.25, -0.2) is 14.6 Å². The van der Waals surface area contributed by atoms with Gasteiger partial charge in [0.25, 0.3) is 5.91 Å². The monoisotopic (exact) mass is 496 g/mol. The number of thiazole rings is 1. The summed E-state index contributed by atoms with van der Waals surface area (Å²) in [4.78, 5) is 28.0. The predicted molar refractivity (Wildman–Crippen MR) is 141 cm³/mol. The van der Waals surface area contributed by atoms with Gasteiger partial charge in [-0.15, -0.1) is 0 Å². The molecule has 0 radical (unpaired) electrons. The minimum Gasteiger partial charge on any atom is -0.497 e. The number of ether oxygens (including phenoxy) is 1. The molecule has 1 fully saturated rings. The Morgan fingerprint density at radius 2 is 1.81 bits per heavy atom. The summed E-state index contributed by atoms with van der Waals surface area (Å²) in [6, 6.07) is 21.4. The normalized spacial score (nSPS) is 13.8. The van der Waals surface area contributed by atoms with Crippen molar-refractivity contribution in [1.29, 1.82) is 0 Å². The number of hydrogen-bond donors (Lipinski definition) is 0. The van der Waals surface area contributed by atoms with Crippen molar-refractivity contribution in [2.45, 2.75) is 0 Å². The molecule has 0 spiro atoms. The Morgan fingerprint density at radius 3 is 2.58 bits per heavy atom. The zero-order valence-corrected chi connectivity index (χ0v) is 20.6. The molecular formula is C27H24N6O2S. The van der Waals surface area contributed by atoms with Crippen LogP contribution in [0, 0.1) is 0 Å². The van der Waals surface area contributed by atoms with Crippen molar-refractivity contribution < 1.29 is 9.53 Å². The lowest BCUT2D eigenvalue weighted by molar-refractivity contribution is 0.0747. The smallest absolute Gasteiger partial charge is 0.257 e. The molecule has 1 aliphatic heterocycles. The van der Waals surface area contributed by atoms with Crippen molar-refractivity contribution in [3.05, 3.63) is 84.7 Å². The first kappa shape index (κ1) is 22.2. The maximum atomic E-state index is 13.8. The molecule has 0 aliphatic carbocycles. The van der Waals surface area contributed by atoms with Gasteiger partial charge in [0.1, 0.15) is 21.8 Å². The zero-order valence-electron chi connectivity index (χ0n) is 19.7. The zero-order chi connectivity index (χ0) is 24.5. The molecule has 1 aliphatic rings. The Labute approximate surface area is 212 Å². The van der Waals surface area contributed by atoms with Crippen LogP contribution in [-0.4, -0.2) is 63.8 Å². The molecule has 0 N–H and O–H groups in total. The van der Waals surface area contributed by atoms with E-state index in [1.807, 2.05) is 77.8 Å². The van der Waals surface area contributed by atoms with E-state index in [0.29, 0.717) is 37.4 Å². The van der Waals surface area contributed by atoms with E-state index in [9.17, 15) is 4.79 Å². The number of aromatic nitrogens is 4. The second-order valence-corrected chi connectivity index (χ2v) is 9.46. The Hall–Kier alpha value is -4.24. The number of rotatable bonds is 5. The van der Waals surface area contributed by atoms with Crippen molar-refractivity contribution in [3.8, 4) is 22.7 Å². The van der Waals surface area contributed by atoms with E-state index in [2.05, 4.69) is 9.88 Å². The number of anilines is 1. The lowest BCUT2D eigenvalue weighted by Crippen LogP contribution is -2.48. The summed E-state index contributed by atoms with van der Waals surface area (Å²) in [6.45, 7) is 2.65. The average molecular weight is 497 g/mol. The quantitative estimate of drug-likeness (QED) is 0.356. The van der Waals surface area contributed by atoms with Crippen molar-refractivity contribution in [1.82, 2.24) is 24.6 Å². The highest BCUT2D eigenvalue weighted by Crippen LogP contribution is 2.30. The molecular weight excluding hydrogens is 472 g/mol. The van der Waals surface area contributed by atoms with Crippen LogP contribution in [0.3, 0.4) is 0 Å². The number of carbonyl (C=O) groups excluding carboxylic acids is 1. The van der Waals surface area contributed by atoms with Gasteiger partial charge in [0, 0.05) is 44.1 Å². The molecule has 8 nitrogen and oxygen atoms in total. The van der Waals surface area contributed by atoms with E-state index in [-0.39, 0.29) is 5.91 Å². The minimum absolute atomic E-state index is 0.0272. The molecule has 5 aromatic rings. The maximum absolute atomic E-state index is 13.8. The summed E-state index contributed by atoms with van der Waals surface area (Å²) in [5.41, 5.74) is 3.86. The highest BCUT2D eigenvalue weighted by Gasteiger charge is 2.28. The van der Waals surface area contributed by atoms with Gasteiger partial charge >= 0.3 is 0 Å². The first-order valence-corrected chi connectivity index (χ1v) is 12.6. The Kier molecular flexibility index (Phi) is 5.82. The lowest BCUT2D eigenvalue weighted by atomic mass is 10.1. The van der Waals surface area contributed by atoms with Crippen LogP contribution in [0.25, 0.3) is 27.3 Å². The molecule has 3 aromatic heterocycles. The van der Waals surface area contributed by atoms with E-state index in [0.717, 1.165) is 32.5 Å². The highest BCUT2D eigenvalue weighted by atomic mass is 32.1. The minimum atomic E-state index is -0.0272. The van der Waals surface area contributed by atoms with Crippen LogP contribution in [0.15, 0.2) is 79.1 Å². The van der Waals surface area contributed by atoms with Crippen LogP contribution < -0.4 is 9.64 Å². The average Bonchev–Trinajstić information content (AvgIpc) is 3.59. The molecule has 1 amide bonds. The van der Waals surface area contributed by atoms with E-state index in [1.54, 1.807) is 29.3 Å². The van der Waals surface area contributed by atoms with Crippen LogP contribution >= 0.6 is 11.3 Å². The number of hydrogen-bond acceptors (Lipinski definition) is 7. The van der Waals surface area contributed by atoms with Gasteiger partial charge in [-0.05, 0) is 36.4 Å². The molecule has 0 saturated carbocycles. The predicted octanol–water partition coefficient (Wildman–Crippen LogP) is 4.52. The van der Waals surface area contributed by atoms with Crippen molar-refractivity contribution in [3.63, 3.8) is 0 Å². The van der Waals surface area contributed by atoms with Gasteiger partial charge in [0.15, 0.2) is 5.13 Å². The maximum Gasteiger partial charge on any atom is 0.257 e. The summed E-state index contributed by atoms with van der Waals surface area (Å²) >= 11 is 1.59. The topological polar surface area (TPSA) is 76.4 Å². The lowest BCUT2D eigenvalue weighted by Gasteiger charge is -2.34. The molecule has 9 heteroatoms. The first-order chi connectivity index (χ1) is 17.7. The molecule has 0 atom stereocenters. The van der Waals surface area contributed by atoms with Gasteiger partial charge in [-0.3, -0.25) is 4.79 Å². The largest absolute Gasteiger partial charge is 0.497 e. The van der Waals surface area contributed by atoms with Crippen LogP contribution in [-0.2, 0) is 0 Å². The number of nitrogens with zero attached hydrogens (tertiary/aromatic N) is 6. The van der Waals surface area contributed by atoms with Gasteiger partial charge in [-0.2, -0.15) is 5.10 Å². The second-order valence-electron chi connectivity index (χ2n) is 8.51.